The molecule has 0 atom stereocenters. The summed E-state index contributed by atoms with van der Waals surface area (Å²) >= 11 is 0. The monoisotopic (exact) mass is 475 g/mol. The fourth-order valence-electron chi connectivity index (χ4n) is 4.08. The molecule has 35 heavy (non-hydrogen) atoms. The second-order valence-corrected chi connectivity index (χ2v) is 8.72. The van der Waals surface area contributed by atoms with Crippen LogP contribution in [0.4, 0.5) is 11.4 Å². The van der Waals surface area contributed by atoms with Gasteiger partial charge in [0.25, 0.3) is 11.8 Å². The number of unbranched alkanes of at least 4 members (excludes halogenated alkanes) is 7. The van der Waals surface area contributed by atoms with Crippen LogP contribution in [0.15, 0.2) is 54.7 Å². The Morgan fingerprint density at radius 1 is 0.857 bits per heavy atom. The maximum Gasteiger partial charge on any atom is 0.254 e. The van der Waals surface area contributed by atoms with Gasteiger partial charge in [0.2, 0.25) is 0 Å². The van der Waals surface area contributed by atoms with Crippen LogP contribution >= 0.6 is 0 Å². The Bertz CT molecular complexity index is 1100. The summed E-state index contributed by atoms with van der Waals surface area (Å²) in [6.07, 6.45) is 10.9. The fourth-order valence-corrected chi connectivity index (χ4v) is 4.08. The van der Waals surface area contributed by atoms with E-state index in [1.54, 1.807) is 25.4 Å². The highest BCUT2D eigenvalue weighted by Gasteiger charge is 2.16. The lowest BCUT2D eigenvalue weighted by Gasteiger charge is -2.15. The largest absolute Gasteiger partial charge is 0.355 e. The van der Waals surface area contributed by atoms with Crippen molar-refractivity contribution in [2.75, 3.05) is 25.5 Å². The van der Waals surface area contributed by atoms with Gasteiger partial charge in [-0.1, -0.05) is 56.7 Å². The van der Waals surface area contributed by atoms with E-state index in [1.165, 1.54) is 32.1 Å². The van der Waals surface area contributed by atoms with Crippen LogP contribution in [0.1, 0.15) is 72.1 Å². The van der Waals surface area contributed by atoms with Crippen molar-refractivity contribution in [1.29, 1.82) is 0 Å². The summed E-state index contributed by atoms with van der Waals surface area (Å²) in [5.74, 6) is -0.364. The molecule has 0 aliphatic rings. The van der Waals surface area contributed by atoms with Crippen molar-refractivity contribution >= 4 is 34.1 Å². The third-order valence-electron chi connectivity index (χ3n) is 6.06. The fraction of sp³-hybridized carbons (Fsp3) is 0.393. The highest BCUT2D eigenvalue weighted by molar-refractivity contribution is 6.09. The Hall–Kier alpha value is -3.45. The van der Waals surface area contributed by atoms with Gasteiger partial charge in [0.15, 0.2) is 0 Å². The van der Waals surface area contributed by atoms with E-state index >= 15 is 0 Å². The maximum atomic E-state index is 12.8. The lowest BCUT2D eigenvalue weighted by Crippen LogP contribution is -2.24. The molecule has 5 N–H and O–H groups in total. The first-order chi connectivity index (χ1) is 17.1. The predicted molar refractivity (Wildman–Crippen MR) is 143 cm³/mol. The standard InChI is InChI=1S/C28H37N5O2/c1-30-28(35)24-20-32-25-16-15-21(19-23(25)26(24)33-22-13-9-8-10-14-22)27(34)31-18-12-7-5-3-2-4-6-11-17-29/h8-10,13-16,19-20H,2-7,11-12,17-18,29H2,1H3,(H,30,35)(H,31,34)(H,32,33). The van der Waals surface area contributed by atoms with Crippen molar-refractivity contribution in [3.8, 4) is 0 Å². The van der Waals surface area contributed by atoms with Gasteiger partial charge in [-0.25, -0.2) is 0 Å². The van der Waals surface area contributed by atoms with Crippen molar-refractivity contribution in [2.45, 2.75) is 51.4 Å². The summed E-state index contributed by atoms with van der Waals surface area (Å²) in [4.78, 5) is 29.8. The maximum absolute atomic E-state index is 12.8. The molecule has 0 saturated heterocycles. The van der Waals surface area contributed by atoms with Crippen molar-refractivity contribution in [3.63, 3.8) is 0 Å². The van der Waals surface area contributed by atoms with Crippen LogP contribution in [-0.4, -0.2) is 36.9 Å². The lowest BCUT2D eigenvalue weighted by molar-refractivity contribution is 0.0949. The topological polar surface area (TPSA) is 109 Å². The van der Waals surface area contributed by atoms with Crippen LogP contribution < -0.4 is 21.7 Å². The van der Waals surface area contributed by atoms with Crippen LogP contribution in [0.3, 0.4) is 0 Å². The number of nitrogens with zero attached hydrogens (tertiary/aromatic N) is 1. The van der Waals surface area contributed by atoms with E-state index in [0.717, 1.165) is 36.9 Å². The SMILES string of the molecule is CNC(=O)c1cnc2ccc(C(=O)NCCCCCCCCCCN)cc2c1Nc1ccccc1. The molecule has 2 aromatic carbocycles. The van der Waals surface area contributed by atoms with Crippen LogP contribution in [0.25, 0.3) is 10.9 Å². The average Bonchev–Trinajstić information content (AvgIpc) is 2.89. The number of para-hydroxylation sites is 1. The zero-order valence-electron chi connectivity index (χ0n) is 20.6. The van der Waals surface area contributed by atoms with Crippen molar-refractivity contribution in [3.05, 3.63) is 65.9 Å². The van der Waals surface area contributed by atoms with Gasteiger partial charge in [0.1, 0.15) is 0 Å². The Kier molecular flexibility index (Phi) is 10.5. The number of rotatable bonds is 14. The molecule has 7 nitrogen and oxygen atoms in total. The van der Waals surface area contributed by atoms with Crippen molar-refractivity contribution < 1.29 is 9.59 Å². The number of carbonyl (C=O) groups is 2. The second-order valence-electron chi connectivity index (χ2n) is 8.72. The highest BCUT2D eigenvalue weighted by atomic mass is 16.2. The summed E-state index contributed by atoms with van der Waals surface area (Å²) < 4.78 is 0. The van der Waals surface area contributed by atoms with Crippen LogP contribution in [0.5, 0.6) is 0 Å². The third-order valence-corrected chi connectivity index (χ3v) is 6.06. The molecule has 0 bridgehead atoms. The molecule has 0 aliphatic carbocycles. The number of aromatic nitrogens is 1. The number of pyridine rings is 1. The Morgan fingerprint density at radius 3 is 2.23 bits per heavy atom. The van der Waals surface area contributed by atoms with Gasteiger partial charge in [-0.05, 0) is 49.7 Å². The normalized spacial score (nSPS) is 10.8. The first-order valence-electron chi connectivity index (χ1n) is 12.6. The zero-order valence-corrected chi connectivity index (χ0v) is 20.6. The Labute approximate surface area is 207 Å². The molecule has 0 radical (unpaired) electrons. The molecule has 186 valence electrons. The van der Waals surface area contributed by atoms with Gasteiger partial charge in [-0.3, -0.25) is 14.6 Å². The summed E-state index contributed by atoms with van der Waals surface area (Å²) in [5.41, 5.74) is 8.67. The molecule has 0 spiro atoms. The van der Waals surface area contributed by atoms with E-state index in [9.17, 15) is 9.59 Å². The van der Waals surface area contributed by atoms with Gasteiger partial charge in [-0.15, -0.1) is 0 Å². The molecular formula is C28H37N5O2. The molecule has 3 aromatic rings. The third kappa shape index (κ3) is 7.79. The van der Waals surface area contributed by atoms with Crippen LogP contribution in [-0.2, 0) is 0 Å². The average molecular weight is 476 g/mol. The van der Waals surface area contributed by atoms with Gasteiger partial charge in [0.05, 0.1) is 16.8 Å². The first-order valence-corrected chi connectivity index (χ1v) is 12.6. The van der Waals surface area contributed by atoms with E-state index in [2.05, 4.69) is 20.9 Å². The smallest absolute Gasteiger partial charge is 0.254 e. The Balaban J connectivity index is 1.64. The second kappa shape index (κ2) is 14.1. The van der Waals surface area contributed by atoms with E-state index in [4.69, 9.17) is 5.73 Å². The number of benzene rings is 2. The molecule has 0 unspecified atom stereocenters. The van der Waals surface area contributed by atoms with E-state index < -0.39 is 0 Å². The molecule has 0 saturated carbocycles. The van der Waals surface area contributed by atoms with E-state index in [1.807, 2.05) is 36.4 Å². The molecule has 0 fully saturated rings. The number of carbonyl (C=O) groups excluding carboxylic acids is 2. The van der Waals surface area contributed by atoms with Gasteiger partial charge in [0, 0.05) is 36.4 Å². The van der Waals surface area contributed by atoms with Crippen molar-refractivity contribution in [1.82, 2.24) is 15.6 Å². The van der Waals surface area contributed by atoms with Crippen LogP contribution in [0, 0.1) is 0 Å². The molecule has 7 heteroatoms. The highest BCUT2D eigenvalue weighted by Crippen LogP contribution is 2.30. The lowest BCUT2D eigenvalue weighted by atomic mass is 10.0. The van der Waals surface area contributed by atoms with Crippen LogP contribution in [0.2, 0.25) is 0 Å². The first kappa shape index (κ1) is 26.2. The zero-order chi connectivity index (χ0) is 24.9. The summed E-state index contributed by atoms with van der Waals surface area (Å²) in [5, 5.41) is 9.76. The molecule has 2 amide bonds. The quantitative estimate of drug-likeness (QED) is 0.241. The number of nitrogens with one attached hydrogen (secondary N) is 3. The minimum atomic E-state index is -0.243. The molecule has 0 aliphatic heterocycles. The molecular weight excluding hydrogens is 438 g/mol. The van der Waals surface area contributed by atoms with Gasteiger partial charge >= 0.3 is 0 Å². The summed E-state index contributed by atoms with van der Waals surface area (Å²) in [6, 6.07) is 15.0. The van der Waals surface area contributed by atoms with E-state index in [-0.39, 0.29) is 11.8 Å². The molecule has 1 aromatic heterocycles. The summed E-state index contributed by atoms with van der Waals surface area (Å²) in [7, 11) is 1.59. The number of nitrogens with two attached hydrogens (primary N) is 1. The van der Waals surface area contributed by atoms with Crippen molar-refractivity contribution in [2.24, 2.45) is 5.73 Å². The number of hydrogen-bond acceptors (Lipinski definition) is 5. The molecule has 3 rings (SSSR count). The summed E-state index contributed by atoms with van der Waals surface area (Å²) in [6.45, 7) is 1.43. The number of anilines is 2. The molecule has 1 heterocycles. The number of hydrogen-bond donors (Lipinski definition) is 4. The van der Waals surface area contributed by atoms with Gasteiger partial charge < -0.3 is 21.7 Å². The predicted octanol–water partition coefficient (Wildman–Crippen LogP) is 5.15. The Morgan fingerprint density at radius 2 is 1.54 bits per heavy atom. The number of fused-ring (bicyclic) bond motifs is 1. The minimum absolute atomic E-state index is 0.121. The number of amides is 2. The van der Waals surface area contributed by atoms with E-state index in [0.29, 0.717) is 28.9 Å². The van der Waals surface area contributed by atoms with Gasteiger partial charge in [-0.2, -0.15) is 0 Å². The minimum Gasteiger partial charge on any atom is -0.355 e.